The molecule has 1 rings (SSSR count). The first kappa shape index (κ1) is 16.5. The zero-order valence-corrected chi connectivity index (χ0v) is 13.1. The molecule has 2 N–H and O–H groups in total. The van der Waals surface area contributed by atoms with E-state index in [2.05, 4.69) is 46.5 Å². The van der Waals surface area contributed by atoms with E-state index in [9.17, 15) is 0 Å². The van der Waals surface area contributed by atoms with Crippen LogP contribution in [0.3, 0.4) is 0 Å². The lowest BCUT2D eigenvalue weighted by Crippen LogP contribution is -2.42. The molecule has 0 aliphatic carbocycles. The maximum atomic E-state index is 4.93. The summed E-state index contributed by atoms with van der Waals surface area (Å²) < 4.78 is 4.93. The molecule has 0 saturated heterocycles. The van der Waals surface area contributed by atoms with Crippen LogP contribution in [-0.4, -0.2) is 28.7 Å². The Bertz CT molecular complexity index is 402. The SMILES string of the molecule is CCCCCC(C)NC(=NCc1noc(C)n1)NCC. The average Bonchev–Trinajstić information content (AvgIpc) is 2.82. The molecule has 0 spiro atoms. The molecule has 0 amide bonds. The second-order valence-electron chi connectivity index (χ2n) is 4.97. The molecular weight excluding hydrogens is 254 g/mol. The monoisotopic (exact) mass is 281 g/mol. The van der Waals surface area contributed by atoms with Gasteiger partial charge >= 0.3 is 0 Å². The second-order valence-corrected chi connectivity index (χ2v) is 4.97. The molecule has 1 unspecified atom stereocenters. The van der Waals surface area contributed by atoms with E-state index >= 15 is 0 Å². The van der Waals surface area contributed by atoms with Gasteiger partial charge in [0.1, 0.15) is 6.54 Å². The van der Waals surface area contributed by atoms with E-state index in [-0.39, 0.29) is 0 Å². The smallest absolute Gasteiger partial charge is 0.223 e. The van der Waals surface area contributed by atoms with Crippen LogP contribution in [0.2, 0.25) is 0 Å². The van der Waals surface area contributed by atoms with Crippen molar-refractivity contribution in [2.45, 2.75) is 66.0 Å². The molecule has 0 aliphatic rings. The Morgan fingerprint density at radius 1 is 1.35 bits per heavy atom. The molecule has 1 aromatic rings. The van der Waals surface area contributed by atoms with E-state index in [4.69, 9.17) is 4.52 Å². The Hall–Kier alpha value is -1.59. The fourth-order valence-electron chi connectivity index (χ4n) is 1.88. The maximum Gasteiger partial charge on any atom is 0.223 e. The number of aromatic nitrogens is 2. The summed E-state index contributed by atoms with van der Waals surface area (Å²) in [5.41, 5.74) is 0. The molecule has 1 heterocycles. The predicted octanol–water partition coefficient (Wildman–Crippen LogP) is 2.40. The number of nitrogens with zero attached hydrogens (tertiary/aromatic N) is 3. The molecule has 0 aromatic carbocycles. The van der Waals surface area contributed by atoms with Crippen LogP contribution < -0.4 is 10.6 Å². The largest absolute Gasteiger partial charge is 0.357 e. The highest BCUT2D eigenvalue weighted by Gasteiger charge is 2.06. The van der Waals surface area contributed by atoms with Crippen LogP contribution in [0.4, 0.5) is 0 Å². The molecule has 0 radical (unpaired) electrons. The zero-order chi connectivity index (χ0) is 14.8. The van der Waals surface area contributed by atoms with E-state index in [0.29, 0.717) is 24.3 Å². The Balaban J connectivity index is 2.45. The number of rotatable bonds is 8. The molecule has 0 aliphatic heterocycles. The van der Waals surface area contributed by atoms with Crippen LogP contribution in [0.25, 0.3) is 0 Å². The summed E-state index contributed by atoms with van der Waals surface area (Å²) in [4.78, 5) is 8.62. The van der Waals surface area contributed by atoms with Crippen molar-refractivity contribution in [1.82, 2.24) is 20.8 Å². The van der Waals surface area contributed by atoms with Crippen LogP contribution >= 0.6 is 0 Å². The van der Waals surface area contributed by atoms with Gasteiger partial charge in [0.2, 0.25) is 5.89 Å². The van der Waals surface area contributed by atoms with Gasteiger partial charge in [-0.25, -0.2) is 4.99 Å². The van der Waals surface area contributed by atoms with Gasteiger partial charge in [-0.3, -0.25) is 0 Å². The van der Waals surface area contributed by atoms with E-state index in [1.165, 1.54) is 19.3 Å². The van der Waals surface area contributed by atoms with Crippen molar-refractivity contribution in [2.24, 2.45) is 4.99 Å². The molecule has 114 valence electrons. The summed E-state index contributed by atoms with van der Waals surface area (Å²) in [7, 11) is 0. The summed E-state index contributed by atoms with van der Waals surface area (Å²) in [5.74, 6) is 1.98. The fraction of sp³-hybridized carbons (Fsp3) is 0.786. The Kier molecular flexibility index (Phi) is 7.69. The van der Waals surface area contributed by atoms with Crippen molar-refractivity contribution in [3.05, 3.63) is 11.7 Å². The average molecular weight is 281 g/mol. The lowest BCUT2D eigenvalue weighted by molar-refractivity contribution is 0.387. The van der Waals surface area contributed by atoms with Gasteiger partial charge in [-0.2, -0.15) is 4.98 Å². The molecule has 6 heteroatoms. The van der Waals surface area contributed by atoms with Crippen LogP contribution in [0.15, 0.2) is 9.52 Å². The molecular formula is C14H27N5O. The van der Waals surface area contributed by atoms with Crippen LogP contribution in [0.5, 0.6) is 0 Å². The van der Waals surface area contributed by atoms with Crippen molar-refractivity contribution in [3.63, 3.8) is 0 Å². The van der Waals surface area contributed by atoms with Crippen LogP contribution in [0.1, 0.15) is 58.2 Å². The first-order valence-electron chi connectivity index (χ1n) is 7.49. The Morgan fingerprint density at radius 2 is 2.15 bits per heavy atom. The first-order chi connectivity index (χ1) is 9.65. The van der Waals surface area contributed by atoms with E-state index in [1.807, 2.05) is 0 Å². The fourth-order valence-corrected chi connectivity index (χ4v) is 1.88. The summed E-state index contributed by atoms with van der Waals surface area (Å²) in [6.07, 6.45) is 4.92. The van der Waals surface area contributed by atoms with E-state index in [1.54, 1.807) is 6.92 Å². The normalized spacial score (nSPS) is 13.3. The summed E-state index contributed by atoms with van der Waals surface area (Å²) >= 11 is 0. The highest BCUT2D eigenvalue weighted by molar-refractivity contribution is 5.79. The van der Waals surface area contributed by atoms with Gasteiger partial charge < -0.3 is 15.2 Å². The van der Waals surface area contributed by atoms with Crippen molar-refractivity contribution >= 4 is 5.96 Å². The standard InChI is InChI=1S/C14H27N5O/c1-5-7-8-9-11(3)17-14(15-6-2)16-10-13-18-12(4)20-19-13/h11H,5-10H2,1-4H3,(H2,15,16,17). The third kappa shape index (κ3) is 6.54. The topological polar surface area (TPSA) is 75.3 Å². The minimum atomic E-state index is 0.409. The second kappa shape index (κ2) is 9.34. The number of nitrogens with one attached hydrogen (secondary N) is 2. The van der Waals surface area contributed by atoms with E-state index < -0.39 is 0 Å². The third-order valence-corrected chi connectivity index (χ3v) is 2.92. The molecule has 0 fully saturated rings. The van der Waals surface area contributed by atoms with Crippen molar-refractivity contribution < 1.29 is 4.52 Å². The van der Waals surface area contributed by atoms with Gasteiger partial charge in [-0.15, -0.1) is 0 Å². The lowest BCUT2D eigenvalue weighted by Gasteiger charge is -2.17. The summed E-state index contributed by atoms with van der Waals surface area (Å²) in [6.45, 7) is 9.49. The number of hydrogen-bond acceptors (Lipinski definition) is 4. The minimum absolute atomic E-state index is 0.409. The van der Waals surface area contributed by atoms with Gasteiger partial charge in [-0.05, 0) is 20.3 Å². The van der Waals surface area contributed by atoms with Crippen molar-refractivity contribution in [1.29, 1.82) is 0 Å². The van der Waals surface area contributed by atoms with Crippen LogP contribution in [-0.2, 0) is 6.54 Å². The lowest BCUT2D eigenvalue weighted by atomic mass is 10.1. The number of guanidine groups is 1. The van der Waals surface area contributed by atoms with Gasteiger partial charge in [0.05, 0.1) is 0 Å². The maximum absolute atomic E-state index is 4.93. The highest BCUT2D eigenvalue weighted by Crippen LogP contribution is 2.03. The summed E-state index contributed by atoms with van der Waals surface area (Å²) in [6, 6.07) is 0.409. The van der Waals surface area contributed by atoms with Crippen molar-refractivity contribution in [2.75, 3.05) is 6.54 Å². The van der Waals surface area contributed by atoms with Gasteiger partial charge in [0.15, 0.2) is 11.8 Å². The molecule has 20 heavy (non-hydrogen) atoms. The first-order valence-corrected chi connectivity index (χ1v) is 7.49. The number of hydrogen-bond donors (Lipinski definition) is 2. The molecule has 1 aromatic heterocycles. The minimum Gasteiger partial charge on any atom is -0.357 e. The third-order valence-electron chi connectivity index (χ3n) is 2.92. The molecule has 1 atom stereocenters. The van der Waals surface area contributed by atoms with Gasteiger partial charge in [0.25, 0.3) is 0 Å². The molecule has 0 saturated carbocycles. The summed E-state index contributed by atoms with van der Waals surface area (Å²) in [5, 5.41) is 10.5. The van der Waals surface area contributed by atoms with Crippen molar-refractivity contribution in [3.8, 4) is 0 Å². The van der Waals surface area contributed by atoms with Gasteiger partial charge in [0, 0.05) is 19.5 Å². The van der Waals surface area contributed by atoms with Gasteiger partial charge in [-0.1, -0.05) is 31.3 Å². The number of aryl methyl sites for hydroxylation is 1. The van der Waals surface area contributed by atoms with Crippen LogP contribution in [0, 0.1) is 6.92 Å². The van der Waals surface area contributed by atoms with E-state index in [0.717, 1.165) is 18.9 Å². The molecule has 0 bridgehead atoms. The molecule has 6 nitrogen and oxygen atoms in total. The Labute approximate surface area is 121 Å². The Morgan fingerprint density at radius 3 is 2.75 bits per heavy atom. The zero-order valence-electron chi connectivity index (χ0n) is 13.1. The number of unbranched alkanes of at least 4 members (excludes halogenated alkanes) is 2. The number of aliphatic imine (C=N–C) groups is 1. The quantitative estimate of drug-likeness (QED) is 0.435. The highest BCUT2D eigenvalue weighted by atomic mass is 16.5. The predicted molar refractivity (Wildman–Crippen MR) is 80.6 cm³/mol.